The number of aliphatic carboxylic acids is 1. The molecular formula is C13H13N3O3. The van der Waals surface area contributed by atoms with Crippen molar-refractivity contribution in [2.24, 2.45) is 0 Å². The first kappa shape index (κ1) is 11.7. The zero-order valence-electron chi connectivity index (χ0n) is 10.2. The van der Waals surface area contributed by atoms with Crippen LogP contribution >= 0.6 is 0 Å². The summed E-state index contributed by atoms with van der Waals surface area (Å²) in [6, 6.07) is 6.55. The van der Waals surface area contributed by atoms with Gasteiger partial charge >= 0.3 is 5.97 Å². The molecule has 19 heavy (non-hydrogen) atoms. The van der Waals surface area contributed by atoms with Crippen LogP contribution in [0.4, 0.5) is 0 Å². The van der Waals surface area contributed by atoms with E-state index < -0.39 is 11.9 Å². The molecule has 1 aliphatic heterocycles. The third-order valence-corrected chi connectivity index (χ3v) is 3.30. The first-order valence-electron chi connectivity index (χ1n) is 6.12. The lowest BCUT2D eigenvalue weighted by atomic mass is 10.00. The van der Waals surface area contributed by atoms with Crippen LogP contribution in [0, 0.1) is 0 Å². The molecule has 1 aromatic carbocycles. The summed E-state index contributed by atoms with van der Waals surface area (Å²) in [6.45, 7) is 0.699. The zero-order chi connectivity index (χ0) is 13.4. The Hall–Kier alpha value is -2.37. The Morgan fingerprint density at radius 2 is 2.05 bits per heavy atom. The molecule has 6 nitrogen and oxygen atoms in total. The fraction of sp³-hybridized carbons (Fsp3) is 0.308. The summed E-state index contributed by atoms with van der Waals surface area (Å²) in [7, 11) is 0. The summed E-state index contributed by atoms with van der Waals surface area (Å²) in [5.41, 5.74) is 0.767. The van der Waals surface area contributed by atoms with Crippen molar-refractivity contribution in [3.63, 3.8) is 0 Å². The molecule has 0 amide bonds. The Morgan fingerprint density at radius 1 is 1.32 bits per heavy atom. The van der Waals surface area contributed by atoms with Crippen LogP contribution < -0.4 is 0 Å². The van der Waals surface area contributed by atoms with E-state index in [4.69, 9.17) is 0 Å². The topological polar surface area (TPSA) is 88.2 Å². The van der Waals surface area contributed by atoms with E-state index in [2.05, 4.69) is 10.1 Å². The highest BCUT2D eigenvalue weighted by Crippen LogP contribution is 2.28. The molecule has 1 aromatic heterocycles. The Balaban J connectivity index is 2.02. The van der Waals surface area contributed by atoms with E-state index in [0.29, 0.717) is 24.6 Å². The average Bonchev–Trinajstić information content (AvgIpc) is 2.82. The van der Waals surface area contributed by atoms with Crippen molar-refractivity contribution in [1.29, 1.82) is 0 Å². The van der Waals surface area contributed by atoms with Gasteiger partial charge in [-0.15, -0.1) is 0 Å². The van der Waals surface area contributed by atoms with E-state index in [1.807, 2.05) is 0 Å². The molecule has 0 bridgehead atoms. The summed E-state index contributed by atoms with van der Waals surface area (Å²) in [5, 5.41) is 22.8. The van der Waals surface area contributed by atoms with Crippen LogP contribution in [0.5, 0.6) is 5.75 Å². The minimum atomic E-state index is -0.856. The molecule has 1 atom stereocenters. The van der Waals surface area contributed by atoms with Crippen LogP contribution in [-0.2, 0) is 11.3 Å². The third kappa shape index (κ3) is 2.05. The number of carbonyl (C=O) groups is 1. The number of phenols is 1. The van der Waals surface area contributed by atoms with Gasteiger partial charge in [0, 0.05) is 12.1 Å². The minimum Gasteiger partial charge on any atom is -0.508 e. The standard InChI is InChI=1S/C13H13N3O3/c17-9-5-3-8(4-6-9)11-14-12-10(13(18)19)2-1-7-16(12)15-11/h3-6,10,17H,1-2,7H2,(H,18,19). The van der Waals surface area contributed by atoms with Crippen molar-refractivity contribution < 1.29 is 15.0 Å². The molecule has 2 heterocycles. The summed E-state index contributed by atoms with van der Waals surface area (Å²) in [6.07, 6.45) is 1.39. The Kier molecular flexibility index (Phi) is 2.70. The second kappa shape index (κ2) is 4.38. The Morgan fingerprint density at radius 3 is 2.74 bits per heavy atom. The summed E-state index contributed by atoms with van der Waals surface area (Å²) in [5.74, 6) is -0.237. The predicted octanol–water partition coefficient (Wildman–Crippen LogP) is 1.61. The second-order valence-corrected chi connectivity index (χ2v) is 4.60. The number of hydrogen-bond donors (Lipinski definition) is 2. The van der Waals surface area contributed by atoms with Crippen molar-refractivity contribution in [3.8, 4) is 17.1 Å². The number of nitrogens with zero attached hydrogens (tertiary/aromatic N) is 3. The molecule has 0 saturated heterocycles. The normalized spacial score (nSPS) is 18.0. The number of hydrogen-bond acceptors (Lipinski definition) is 4. The van der Waals surface area contributed by atoms with E-state index in [1.54, 1.807) is 28.9 Å². The molecule has 2 aromatic rings. The van der Waals surface area contributed by atoms with E-state index >= 15 is 0 Å². The number of aromatic hydroxyl groups is 1. The lowest BCUT2D eigenvalue weighted by Gasteiger charge is -2.17. The molecule has 3 rings (SSSR count). The van der Waals surface area contributed by atoms with Crippen LogP contribution in [0.1, 0.15) is 24.6 Å². The van der Waals surface area contributed by atoms with Crippen molar-refractivity contribution in [1.82, 2.24) is 14.8 Å². The fourth-order valence-electron chi connectivity index (χ4n) is 2.32. The maximum absolute atomic E-state index is 11.2. The van der Waals surface area contributed by atoms with Gasteiger partial charge in [-0.05, 0) is 37.1 Å². The number of phenolic OH excluding ortho intramolecular Hbond substituents is 1. The molecule has 0 spiro atoms. The number of aryl methyl sites for hydroxylation is 1. The maximum Gasteiger partial charge on any atom is 0.314 e. The molecule has 2 N–H and O–H groups in total. The quantitative estimate of drug-likeness (QED) is 0.855. The highest BCUT2D eigenvalue weighted by atomic mass is 16.4. The Bertz CT molecular complexity index is 619. The number of fused-ring (bicyclic) bond motifs is 1. The highest BCUT2D eigenvalue weighted by Gasteiger charge is 2.29. The molecule has 0 aliphatic carbocycles. The van der Waals surface area contributed by atoms with Crippen molar-refractivity contribution in [2.45, 2.75) is 25.3 Å². The molecule has 1 unspecified atom stereocenters. The van der Waals surface area contributed by atoms with Crippen molar-refractivity contribution in [2.75, 3.05) is 0 Å². The summed E-state index contributed by atoms with van der Waals surface area (Å²) < 4.78 is 1.67. The fourth-order valence-corrected chi connectivity index (χ4v) is 2.32. The van der Waals surface area contributed by atoms with Gasteiger partial charge in [-0.3, -0.25) is 4.79 Å². The van der Waals surface area contributed by atoms with Crippen molar-refractivity contribution >= 4 is 5.97 Å². The first-order chi connectivity index (χ1) is 9.15. The number of aromatic nitrogens is 3. The molecule has 6 heteroatoms. The molecule has 0 radical (unpaired) electrons. The predicted molar refractivity (Wildman–Crippen MR) is 66.7 cm³/mol. The van der Waals surface area contributed by atoms with Gasteiger partial charge in [0.1, 0.15) is 17.5 Å². The molecule has 0 saturated carbocycles. The summed E-state index contributed by atoms with van der Waals surface area (Å²) >= 11 is 0. The van der Waals surface area contributed by atoms with Crippen LogP contribution in [0.25, 0.3) is 11.4 Å². The monoisotopic (exact) mass is 259 g/mol. The number of benzene rings is 1. The van der Waals surface area contributed by atoms with Crippen LogP contribution in [0.3, 0.4) is 0 Å². The van der Waals surface area contributed by atoms with Gasteiger partial charge in [-0.25, -0.2) is 9.67 Å². The van der Waals surface area contributed by atoms with E-state index in [1.165, 1.54) is 0 Å². The van der Waals surface area contributed by atoms with Crippen LogP contribution in [0.15, 0.2) is 24.3 Å². The van der Waals surface area contributed by atoms with Gasteiger partial charge in [-0.1, -0.05) is 0 Å². The second-order valence-electron chi connectivity index (χ2n) is 4.60. The van der Waals surface area contributed by atoms with Crippen molar-refractivity contribution in [3.05, 3.63) is 30.1 Å². The molecule has 98 valence electrons. The van der Waals surface area contributed by atoms with E-state index in [9.17, 15) is 15.0 Å². The zero-order valence-corrected chi connectivity index (χ0v) is 10.2. The number of carboxylic acid groups (broad SMARTS) is 1. The van der Waals surface area contributed by atoms with Gasteiger partial charge in [0.25, 0.3) is 0 Å². The summed E-state index contributed by atoms with van der Waals surface area (Å²) in [4.78, 5) is 15.5. The Labute approximate surface area is 109 Å². The smallest absolute Gasteiger partial charge is 0.314 e. The third-order valence-electron chi connectivity index (χ3n) is 3.30. The number of carboxylic acids is 1. The SMILES string of the molecule is O=C(O)C1CCCn2nc(-c3ccc(O)cc3)nc21. The average molecular weight is 259 g/mol. The maximum atomic E-state index is 11.2. The van der Waals surface area contributed by atoms with Gasteiger partial charge < -0.3 is 10.2 Å². The van der Waals surface area contributed by atoms with Gasteiger partial charge in [-0.2, -0.15) is 5.10 Å². The lowest BCUT2D eigenvalue weighted by molar-refractivity contribution is -0.139. The highest BCUT2D eigenvalue weighted by molar-refractivity contribution is 5.75. The first-order valence-corrected chi connectivity index (χ1v) is 6.12. The van der Waals surface area contributed by atoms with Crippen LogP contribution in [-0.4, -0.2) is 30.9 Å². The molecule has 1 aliphatic rings. The van der Waals surface area contributed by atoms with E-state index in [-0.39, 0.29) is 5.75 Å². The molecular weight excluding hydrogens is 246 g/mol. The minimum absolute atomic E-state index is 0.177. The van der Waals surface area contributed by atoms with E-state index in [0.717, 1.165) is 12.0 Å². The van der Waals surface area contributed by atoms with Gasteiger partial charge in [0.05, 0.1) is 0 Å². The molecule has 0 fully saturated rings. The lowest BCUT2D eigenvalue weighted by Crippen LogP contribution is -2.22. The van der Waals surface area contributed by atoms with Gasteiger partial charge in [0.2, 0.25) is 0 Å². The largest absolute Gasteiger partial charge is 0.508 e. The van der Waals surface area contributed by atoms with Crippen LogP contribution in [0.2, 0.25) is 0 Å². The number of rotatable bonds is 2. The van der Waals surface area contributed by atoms with Gasteiger partial charge in [0.15, 0.2) is 5.82 Å².